The van der Waals surface area contributed by atoms with Gasteiger partial charge in [0.1, 0.15) is 12.4 Å². The Bertz CT molecular complexity index is 754. The highest BCUT2D eigenvalue weighted by Gasteiger charge is 2.14. The second-order valence-corrected chi connectivity index (χ2v) is 6.35. The molecule has 0 radical (unpaired) electrons. The Morgan fingerprint density at radius 2 is 1.96 bits per heavy atom. The number of benzene rings is 2. The van der Waals surface area contributed by atoms with Crippen molar-refractivity contribution in [3.63, 3.8) is 0 Å². The Morgan fingerprint density at radius 1 is 1.15 bits per heavy atom. The highest BCUT2D eigenvalue weighted by Crippen LogP contribution is 2.23. The minimum absolute atomic E-state index is 0.0207. The molecule has 0 saturated heterocycles. The summed E-state index contributed by atoms with van der Waals surface area (Å²) < 4.78 is 23.3. The van der Waals surface area contributed by atoms with E-state index in [9.17, 15) is 14.0 Å². The van der Waals surface area contributed by atoms with E-state index >= 15 is 0 Å². The topological polar surface area (TPSA) is 64.6 Å². The number of rotatable bonds is 9. The monoisotopic (exact) mass is 377 g/mol. The maximum absolute atomic E-state index is 13.2. The lowest BCUT2D eigenvalue weighted by molar-refractivity contribution is -0.118. The average molecular weight is 377 g/mol. The number of carbonyl (C=O) groups excluding carboxylic acids is 2. The predicted octanol–water partition coefficient (Wildman–Crippen LogP) is 3.04. The lowest BCUT2D eigenvalue weighted by Gasteiger charge is -2.10. The highest BCUT2D eigenvalue weighted by atomic mass is 32.2. The fourth-order valence-electron chi connectivity index (χ4n) is 2.10. The van der Waals surface area contributed by atoms with Crippen LogP contribution < -0.4 is 5.32 Å². The molecular weight excluding hydrogens is 357 g/mol. The molecule has 0 heterocycles. The molecule has 0 aliphatic rings. The van der Waals surface area contributed by atoms with E-state index < -0.39 is 5.97 Å². The molecule has 0 fully saturated rings. The van der Waals surface area contributed by atoms with Crippen molar-refractivity contribution in [3.8, 4) is 0 Å². The highest BCUT2D eigenvalue weighted by molar-refractivity contribution is 8.00. The summed E-state index contributed by atoms with van der Waals surface area (Å²) in [4.78, 5) is 24.8. The maximum Gasteiger partial charge on any atom is 0.339 e. The van der Waals surface area contributed by atoms with Crippen molar-refractivity contribution < 1.29 is 23.5 Å². The van der Waals surface area contributed by atoms with Gasteiger partial charge in [0.15, 0.2) is 0 Å². The summed E-state index contributed by atoms with van der Waals surface area (Å²) in [6.45, 7) is 0.861. The van der Waals surface area contributed by atoms with Crippen LogP contribution in [0.1, 0.15) is 15.9 Å². The van der Waals surface area contributed by atoms with Crippen LogP contribution in [0.5, 0.6) is 0 Å². The molecule has 0 unspecified atom stereocenters. The molecule has 2 aromatic rings. The van der Waals surface area contributed by atoms with E-state index in [1.165, 1.54) is 23.9 Å². The second kappa shape index (κ2) is 10.6. The summed E-state index contributed by atoms with van der Waals surface area (Å²) in [6, 6.07) is 12.8. The molecule has 0 bridgehead atoms. The smallest absolute Gasteiger partial charge is 0.339 e. The SMILES string of the molecule is COCCNC(=O)CSc1ccccc1C(=O)OCc1cccc(F)c1. The molecule has 5 nitrogen and oxygen atoms in total. The Balaban J connectivity index is 1.92. The Morgan fingerprint density at radius 3 is 2.73 bits per heavy atom. The number of thioether (sulfide) groups is 1. The predicted molar refractivity (Wildman–Crippen MR) is 97.6 cm³/mol. The van der Waals surface area contributed by atoms with Gasteiger partial charge in [-0.3, -0.25) is 4.79 Å². The molecule has 1 amide bonds. The Kier molecular flexibility index (Phi) is 8.11. The maximum atomic E-state index is 13.2. The number of esters is 1. The first-order chi connectivity index (χ1) is 12.6. The van der Waals surface area contributed by atoms with Crippen LogP contribution in [0, 0.1) is 5.82 Å². The third kappa shape index (κ3) is 6.50. The van der Waals surface area contributed by atoms with E-state index in [4.69, 9.17) is 9.47 Å². The zero-order valence-corrected chi connectivity index (χ0v) is 15.2. The summed E-state index contributed by atoms with van der Waals surface area (Å²) in [5.74, 6) is -0.862. The van der Waals surface area contributed by atoms with Gasteiger partial charge in [-0.1, -0.05) is 24.3 Å². The Hall–Kier alpha value is -2.38. The first kappa shape index (κ1) is 19.9. The molecular formula is C19H20FNO4S. The molecule has 2 rings (SSSR count). The normalized spacial score (nSPS) is 10.4. The van der Waals surface area contributed by atoms with E-state index in [0.717, 1.165) is 0 Å². The number of hydrogen-bond acceptors (Lipinski definition) is 5. The lowest BCUT2D eigenvalue weighted by atomic mass is 10.2. The molecule has 26 heavy (non-hydrogen) atoms. The van der Waals surface area contributed by atoms with Gasteiger partial charge in [0.05, 0.1) is 17.9 Å². The summed E-state index contributed by atoms with van der Waals surface area (Å²) in [5, 5.41) is 2.72. The third-order valence-corrected chi connectivity index (χ3v) is 4.43. The van der Waals surface area contributed by atoms with E-state index in [1.807, 2.05) is 0 Å². The molecule has 0 aromatic heterocycles. The standard InChI is InChI=1S/C19H20FNO4S/c1-24-10-9-21-18(22)13-26-17-8-3-2-7-16(17)19(23)25-12-14-5-4-6-15(20)11-14/h2-8,11H,9-10,12-13H2,1H3,(H,21,22). The van der Waals surface area contributed by atoms with Crippen molar-refractivity contribution >= 4 is 23.6 Å². The molecule has 7 heteroatoms. The molecule has 2 aromatic carbocycles. The summed E-state index contributed by atoms with van der Waals surface area (Å²) in [6.07, 6.45) is 0. The van der Waals surface area contributed by atoms with Crippen molar-refractivity contribution in [1.29, 1.82) is 0 Å². The zero-order valence-electron chi connectivity index (χ0n) is 14.4. The molecule has 1 N–H and O–H groups in total. The van der Waals surface area contributed by atoms with Crippen molar-refractivity contribution in [2.75, 3.05) is 26.0 Å². The van der Waals surface area contributed by atoms with Gasteiger partial charge in [0, 0.05) is 18.6 Å². The van der Waals surface area contributed by atoms with Crippen LogP contribution in [0.15, 0.2) is 53.4 Å². The largest absolute Gasteiger partial charge is 0.457 e. The van der Waals surface area contributed by atoms with E-state index in [1.54, 1.807) is 43.5 Å². The summed E-state index contributed by atoms with van der Waals surface area (Å²) >= 11 is 1.25. The minimum Gasteiger partial charge on any atom is -0.457 e. The summed E-state index contributed by atoms with van der Waals surface area (Å²) in [7, 11) is 1.56. The van der Waals surface area contributed by atoms with Crippen LogP contribution >= 0.6 is 11.8 Å². The van der Waals surface area contributed by atoms with Gasteiger partial charge < -0.3 is 14.8 Å². The van der Waals surface area contributed by atoms with Crippen molar-refractivity contribution in [2.24, 2.45) is 0 Å². The quantitative estimate of drug-likeness (QED) is 0.413. The van der Waals surface area contributed by atoms with Crippen LogP contribution in [0.2, 0.25) is 0 Å². The van der Waals surface area contributed by atoms with Crippen molar-refractivity contribution in [2.45, 2.75) is 11.5 Å². The molecule has 0 spiro atoms. The number of hydrogen-bond donors (Lipinski definition) is 1. The molecule has 0 saturated carbocycles. The number of ether oxygens (including phenoxy) is 2. The van der Waals surface area contributed by atoms with Crippen molar-refractivity contribution in [1.82, 2.24) is 5.32 Å². The molecule has 138 valence electrons. The number of methoxy groups -OCH3 is 1. The molecule has 0 aliphatic heterocycles. The number of amides is 1. The van der Waals surface area contributed by atoms with Gasteiger partial charge >= 0.3 is 5.97 Å². The Labute approximate surface area is 155 Å². The first-order valence-electron chi connectivity index (χ1n) is 7.99. The van der Waals surface area contributed by atoms with Crippen LogP contribution in [0.25, 0.3) is 0 Å². The fourth-order valence-corrected chi connectivity index (χ4v) is 2.97. The van der Waals surface area contributed by atoms with Crippen LogP contribution in [0.3, 0.4) is 0 Å². The average Bonchev–Trinajstić information content (AvgIpc) is 2.65. The van der Waals surface area contributed by atoms with Gasteiger partial charge in [0.25, 0.3) is 0 Å². The third-order valence-electron chi connectivity index (χ3n) is 3.35. The second-order valence-electron chi connectivity index (χ2n) is 5.33. The lowest BCUT2D eigenvalue weighted by Crippen LogP contribution is -2.28. The number of halogens is 1. The summed E-state index contributed by atoms with van der Waals surface area (Å²) in [5.41, 5.74) is 0.944. The molecule has 0 atom stereocenters. The van der Waals surface area contributed by atoms with E-state index in [-0.39, 0.29) is 24.1 Å². The van der Waals surface area contributed by atoms with Gasteiger partial charge in [-0.05, 0) is 29.8 Å². The number of carbonyl (C=O) groups is 2. The molecule has 0 aliphatic carbocycles. The van der Waals surface area contributed by atoms with Gasteiger partial charge in [0.2, 0.25) is 5.91 Å². The minimum atomic E-state index is -0.517. The number of nitrogens with one attached hydrogen (secondary N) is 1. The van der Waals surface area contributed by atoms with Crippen LogP contribution in [-0.2, 0) is 20.9 Å². The van der Waals surface area contributed by atoms with Crippen LogP contribution in [-0.4, -0.2) is 37.9 Å². The van der Waals surface area contributed by atoms with E-state index in [0.29, 0.717) is 29.2 Å². The zero-order chi connectivity index (χ0) is 18.8. The van der Waals surface area contributed by atoms with Gasteiger partial charge in [-0.15, -0.1) is 11.8 Å². The van der Waals surface area contributed by atoms with Crippen molar-refractivity contribution in [3.05, 3.63) is 65.5 Å². The van der Waals surface area contributed by atoms with Crippen LogP contribution in [0.4, 0.5) is 4.39 Å². The first-order valence-corrected chi connectivity index (χ1v) is 8.97. The van der Waals surface area contributed by atoms with E-state index in [2.05, 4.69) is 5.32 Å². The fraction of sp³-hybridized carbons (Fsp3) is 0.263. The van der Waals surface area contributed by atoms with Gasteiger partial charge in [-0.25, -0.2) is 9.18 Å². The van der Waals surface area contributed by atoms with Gasteiger partial charge in [-0.2, -0.15) is 0 Å².